The third kappa shape index (κ3) is 6.22. The fourth-order valence-electron chi connectivity index (χ4n) is 9.35. The molecule has 8 atom stereocenters. The number of ether oxygens (including phenoxy) is 1. The van der Waals surface area contributed by atoms with Gasteiger partial charge in [-0.25, -0.2) is 4.79 Å². The Labute approximate surface area is 226 Å². The van der Waals surface area contributed by atoms with Crippen molar-refractivity contribution in [2.45, 2.75) is 118 Å². The summed E-state index contributed by atoms with van der Waals surface area (Å²) in [5.74, 6) is 5.10. The van der Waals surface area contributed by atoms with Gasteiger partial charge in [0, 0.05) is 19.5 Å². The number of carbonyl (C=O) groups is 1. The van der Waals surface area contributed by atoms with Crippen LogP contribution < -0.4 is 22.1 Å². The average molecular weight is 517 g/mol. The number of rotatable bonds is 10. The van der Waals surface area contributed by atoms with E-state index in [0.29, 0.717) is 18.5 Å². The minimum absolute atomic E-state index is 0.0167. The Morgan fingerprint density at radius 1 is 1.05 bits per heavy atom. The van der Waals surface area contributed by atoms with E-state index in [1.807, 2.05) is 0 Å². The zero-order chi connectivity index (χ0) is 26.8. The molecule has 0 radical (unpaired) electrons. The summed E-state index contributed by atoms with van der Waals surface area (Å²) in [7, 11) is 0. The first kappa shape index (κ1) is 28.9. The number of carbonyl (C=O) groups excluding carboxylic acids is 1. The molecule has 37 heavy (non-hydrogen) atoms. The number of nitrogens with two attached hydrogens (primary N) is 2. The summed E-state index contributed by atoms with van der Waals surface area (Å²) in [5.41, 5.74) is 13.3. The fourth-order valence-corrected chi connectivity index (χ4v) is 9.35. The maximum absolute atomic E-state index is 12.3. The van der Waals surface area contributed by atoms with Crippen LogP contribution in [0.5, 0.6) is 0 Å². The van der Waals surface area contributed by atoms with Crippen LogP contribution in [0.25, 0.3) is 0 Å². The summed E-state index contributed by atoms with van der Waals surface area (Å²) < 4.78 is 5.82. The second kappa shape index (κ2) is 12.0. The average Bonchev–Trinajstić information content (AvgIpc) is 3.19. The molecule has 0 aromatic heterocycles. The van der Waals surface area contributed by atoms with Gasteiger partial charge in [0.25, 0.3) is 0 Å². The highest BCUT2D eigenvalue weighted by atomic mass is 16.6. The van der Waals surface area contributed by atoms with Crippen LogP contribution >= 0.6 is 0 Å². The largest absolute Gasteiger partial charge is 0.446 e. The number of amides is 1. The van der Waals surface area contributed by atoms with Gasteiger partial charge in [-0.1, -0.05) is 65.5 Å². The maximum atomic E-state index is 12.3. The summed E-state index contributed by atoms with van der Waals surface area (Å²) in [4.78, 5) is 12.3. The molecule has 6 heteroatoms. The van der Waals surface area contributed by atoms with Gasteiger partial charge < -0.3 is 21.5 Å². The third-order valence-electron chi connectivity index (χ3n) is 11.3. The SMILES string of the molecule is CC(C)CCC[C@@H](C)[C@H]1CC[C@H]2[C@@H]3CC=C4C[C@@H](OC(=O)NCCNC(N)N)CC[C@]4(C)[C@H]3CC[C@]12C. The summed E-state index contributed by atoms with van der Waals surface area (Å²) in [5, 5.41) is 5.71. The molecule has 3 fully saturated rings. The lowest BCUT2D eigenvalue weighted by molar-refractivity contribution is -0.0581. The highest BCUT2D eigenvalue weighted by Gasteiger charge is 2.59. The van der Waals surface area contributed by atoms with Crippen LogP contribution in [-0.4, -0.2) is 31.6 Å². The fraction of sp³-hybridized carbons (Fsp3) is 0.903. The maximum Gasteiger partial charge on any atom is 0.407 e. The van der Waals surface area contributed by atoms with Crippen LogP contribution in [0, 0.1) is 46.3 Å². The van der Waals surface area contributed by atoms with Crippen molar-refractivity contribution >= 4 is 6.09 Å². The van der Waals surface area contributed by atoms with Gasteiger partial charge in [-0.2, -0.15) is 0 Å². The number of hydrogen-bond acceptors (Lipinski definition) is 5. The molecule has 6 nitrogen and oxygen atoms in total. The van der Waals surface area contributed by atoms with Crippen LogP contribution in [0.15, 0.2) is 11.6 Å². The van der Waals surface area contributed by atoms with E-state index in [9.17, 15) is 4.79 Å². The molecule has 0 unspecified atom stereocenters. The smallest absolute Gasteiger partial charge is 0.407 e. The number of alkyl carbamates (subject to hydrolysis) is 1. The molecule has 0 aromatic rings. The number of fused-ring (bicyclic) bond motifs is 5. The van der Waals surface area contributed by atoms with E-state index < -0.39 is 6.29 Å². The Balaban J connectivity index is 1.35. The van der Waals surface area contributed by atoms with Crippen molar-refractivity contribution in [1.82, 2.24) is 10.6 Å². The Morgan fingerprint density at radius 2 is 1.84 bits per heavy atom. The lowest BCUT2D eigenvalue weighted by Gasteiger charge is -2.58. The van der Waals surface area contributed by atoms with Crippen molar-refractivity contribution < 1.29 is 9.53 Å². The van der Waals surface area contributed by atoms with E-state index in [-0.39, 0.29) is 17.6 Å². The molecule has 6 N–H and O–H groups in total. The van der Waals surface area contributed by atoms with Crippen molar-refractivity contribution in [3.8, 4) is 0 Å². The van der Waals surface area contributed by atoms with E-state index in [4.69, 9.17) is 16.2 Å². The molecule has 3 saturated carbocycles. The first-order valence-corrected chi connectivity index (χ1v) is 15.4. The standard InChI is InChI=1S/C31H56N4O2/c1-20(2)7-6-8-21(3)25-11-12-26-24-10-9-22-19-23(37-29(36)35-18-17-34-28(32)33)13-15-30(22,4)27(24)14-16-31(25,26)5/h9,20-21,23-28,34H,6-8,10-19,32-33H2,1-5H3,(H,35,36)/t21-,23+,24+,25-,26+,27+,30+,31-/m1/s1. The zero-order valence-corrected chi connectivity index (χ0v) is 24.4. The topological polar surface area (TPSA) is 102 Å². The molecule has 0 heterocycles. The van der Waals surface area contributed by atoms with E-state index >= 15 is 0 Å². The lowest BCUT2D eigenvalue weighted by atomic mass is 9.47. The van der Waals surface area contributed by atoms with Gasteiger partial charge in [-0.05, 0) is 91.3 Å². The lowest BCUT2D eigenvalue weighted by Crippen LogP contribution is -2.51. The van der Waals surface area contributed by atoms with Gasteiger partial charge in [0.2, 0.25) is 0 Å². The minimum Gasteiger partial charge on any atom is -0.446 e. The van der Waals surface area contributed by atoms with E-state index in [1.54, 1.807) is 5.57 Å². The highest BCUT2D eigenvalue weighted by Crippen LogP contribution is 2.67. The zero-order valence-electron chi connectivity index (χ0n) is 24.4. The second-order valence-electron chi connectivity index (χ2n) is 14.0. The van der Waals surface area contributed by atoms with Crippen LogP contribution in [0.2, 0.25) is 0 Å². The Kier molecular flexibility index (Phi) is 9.34. The summed E-state index contributed by atoms with van der Waals surface area (Å²) in [6.45, 7) is 13.5. The molecule has 212 valence electrons. The number of hydrogen-bond donors (Lipinski definition) is 4. The van der Waals surface area contributed by atoms with Gasteiger partial charge in [-0.3, -0.25) is 5.32 Å². The molecule has 4 aliphatic rings. The number of nitrogens with one attached hydrogen (secondary N) is 2. The first-order valence-electron chi connectivity index (χ1n) is 15.4. The predicted molar refractivity (Wildman–Crippen MR) is 151 cm³/mol. The highest BCUT2D eigenvalue weighted by molar-refractivity contribution is 5.67. The van der Waals surface area contributed by atoms with Crippen molar-refractivity contribution in [2.24, 2.45) is 57.8 Å². The van der Waals surface area contributed by atoms with Gasteiger partial charge in [0.05, 0.1) is 0 Å². The van der Waals surface area contributed by atoms with Gasteiger partial charge in [-0.15, -0.1) is 0 Å². The monoisotopic (exact) mass is 516 g/mol. The normalized spacial score (nSPS) is 38.0. The summed E-state index contributed by atoms with van der Waals surface area (Å²) in [6, 6.07) is 0. The second-order valence-corrected chi connectivity index (χ2v) is 14.0. The molecule has 0 saturated heterocycles. The molecule has 0 aliphatic heterocycles. The summed E-state index contributed by atoms with van der Waals surface area (Å²) >= 11 is 0. The van der Waals surface area contributed by atoms with Crippen LogP contribution in [-0.2, 0) is 4.74 Å². The van der Waals surface area contributed by atoms with E-state index in [1.165, 1.54) is 51.4 Å². The molecular formula is C31H56N4O2. The molecule has 4 aliphatic carbocycles. The van der Waals surface area contributed by atoms with E-state index in [2.05, 4.69) is 51.3 Å². The van der Waals surface area contributed by atoms with Crippen molar-refractivity contribution in [3.63, 3.8) is 0 Å². The number of allylic oxidation sites excluding steroid dienone is 1. The van der Waals surface area contributed by atoms with Crippen LogP contribution in [0.3, 0.4) is 0 Å². The molecule has 0 bridgehead atoms. The molecule has 0 aromatic carbocycles. The predicted octanol–water partition coefficient (Wildman–Crippen LogP) is 5.91. The van der Waals surface area contributed by atoms with Crippen LogP contribution in [0.1, 0.15) is 105 Å². The van der Waals surface area contributed by atoms with E-state index in [0.717, 1.165) is 54.8 Å². The van der Waals surface area contributed by atoms with Crippen molar-refractivity contribution in [2.75, 3.05) is 13.1 Å². The first-order chi connectivity index (χ1) is 17.5. The van der Waals surface area contributed by atoms with Gasteiger partial charge in [0.1, 0.15) is 12.4 Å². The molecule has 0 spiro atoms. The molecular weight excluding hydrogens is 460 g/mol. The summed E-state index contributed by atoms with van der Waals surface area (Å²) in [6.07, 6.45) is 15.7. The van der Waals surface area contributed by atoms with Crippen molar-refractivity contribution in [1.29, 1.82) is 0 Å². The van der Waals surface area contributed by atoms with Crippen molar-refractivity contribution in [3.05, 3.63) is 11.6 Å². The molecule has 4 rings (SSSR count). The van der Waals surface area contributed by atoms with Gasteiger partial charge >= 0.3 is 6.09 Å². The quantitative estimate of drug-likeness (QED) is 0.164. The Hall–Kier alpha value is -1.11. The third-order valence-corrected chi connectivity index (χ3v) is 11.3. The molecule has 1 amide bonds. The van der Waals surface area contributed by atoms with Gasteiger partial charge in [0.15, 0.2) is 0 Å². The Bertz CT molecular complexity index is 813. The van der Waals surface area contributed by atoms with Crippen LogP contribution in [0.4, 0.5) is 4.79 Å². The minimum atomic E-state index is -0.568. The Morgan fingerprint density at radius 3 is 2.57 bits per heavy atom.